The lowest BCUT2D eigenvalue weighted by atomic mass is 10.3. The summed E-state index contributed by atoms with van der Waals surface area (Å²) in [4.78, 5) is 0. The van der Waals surface area contributed by atoms with Crippen molar-refractivity contribution in [1.82, 2.24) is 20.2 Å². The molecule has 0 amide bonds. The number of aryl methyl sites for hydroxylation is 1. The van der Waals surface area contributed by atoms with Gasteiger partial charge in [0.15, 0.2) is 0 Å². The minimum Gasteiger partial charge on any atom is -0.423 e. The molecule has 1 aromatic carbocycles. The van der Waals surface area contributed by atoms with Gasteiger partial charge in [-0.05, 0) is 22.6 Å². The van der Waals surface area contributed by atoms with E-state index in [4.69, 9.17) is 10.5 Å². The number of halogens is 1. The molecule has 2 rings (SSSR count). The van der Waals surface area contributed by atoms with E-state index >= 15 is 0 Å². The minimum absolute atomic E-state index is 0.0680. The summed E-state index contributed by atoms with van der Waals surface area (Å²) in [7, 11) is 1.61. The van der Waals surface area contributed by atoms with E-state index in [2.05, 4.69) is 15.5 Å². The van der Waals surface area contributed by atoms with E-state index < -0.39 is 5.82 Å². The first kappa shape index (κ1) is 9.38. The van der Waals surface area contributed by atoms with Crippen LogP contribution in [0.5, 0.6) is 11.8 Å². The topological polar surface area (TPSA) is 78.8 Å². The van der Waals surface area contributed by atoms with Gasteiger partial charge in [0.1, 0.15) is 11.6 Å². The zero-order valence-electron chi connectivity index (χ0n) is 7.88. The number of nitrogen functional groups attached to an aromatic ring is 1. The van der Waals surface area contributed by atoms with Gasteiger partial charge in [-0.3, -0.25) is 0 Å². The average Bonchev–Trinajstić information content (AvgIpc) is 2.59. The molecule has 6 nitrogen and oxygen atoms in total. The predicted octanol–water partition coefficient (Wildman–Crippen LogP) is 0.724. The number of anilines is 1. The smallest absolute Gasteiger partial charge is 0.340 e. The van der Waals surface area contributed by atoms with Crippen molar-refractivity contribution in [2.45, 2.75) is 0 Å². The largest absolute Gasteiger partial charge is 0.423 e. The molecule has 2 N–H and O–H groups in total. The van der Waals surface area contributed by atoms with Gasteiger partial charge in [0.05, 0.1) is 5.69 Å². The van der Waals surface area contributed by atoms with Gasteiger partial charge in [-0.2, -0.15) is 4.68 Å². The molecule has 0 aliphatic carbocycles. The summed E-state index contributed by atoms with van der Waals surface area (Å²) in [6.45, 7) is 0. The monoisotopic (exact) mass is 209 g/mol. The average molecular weight is 209 g/mol. The van der Waals surface area contributed by atoms with Crippen molar-refractivity contribution in [2.24, 2.45) is 7.05 Å². The normalized spacial score (nSPS) is 10.3. The summed E-state index contributed by atoms with van der Waals surface area (Å²) in [6.07, 6.45) is 0. The number of aromatic nitrogens is 4. The van der Waals surface area contributed by atoms with E-state index in [9.17, 15) is 4.39 Å². The molecule has 0 radical (unpaired) electrons. The summed E-state index contributed by atoms with van der Waals surface area (Å²) in [5, 5.41) is 10.5. The molecule has 0 aliphatic heterocycles. The lowest BCUT2D eigenvalue weighted by molar-refractivity contribution is 0.412. The van der Waals surface area contributed by atoms with Crippen molar-refractivity contribution < 1.29 is 9.13 Å². The number of nitrogens with zero attached hydrogens (tertiary/aromatic N) is 4. The standard InChI is InChI=1S/C8H8FN5O/c1-14-8(11-12-13-14)15-5-2-3-7(10)6(9)4-5/h2-4H,10H2,1H3. The quantitative estimate of drug-likeness (QED) is 0.737. The highest BCUT2D eigenvalue weighted by Gasteiger charge is 2.06. The van der Waals surface area contributed by atoms with Crippen molar-refractivity contribution in [1.29, 1.82) is 0 Å². The molecular weight excluding hydrogens is 201 g/mol. The summed E-state index contributed by atoms with van der Waals surface area (Å²) >= 11 is 0. The number of tetrazole rings is 1. The van der Waals surface area contributed by atoms with Crippen molar-refractivity contribution >= 4 is 5.69 Å². The van der Waals surface area contributed by atoms with E-state index in [1.165, 1.54) is 22.9 Å². The molecule has 7 heteroatoms. The van der Waals surface area contributed by atoms with Crippen molar-refractivity contribution in [3.05, 3.63) is 24.0 Å². The van der Waals surface area contributed by atoms with Crippen molar-refractivity contribution in [3.8, 4) is 11.8 Å². The molecule has 1 aromatic heterocycles. The molecule has 0 spiro atoms. The Balaban J connectivity index is 2.25. The number of benzene rings is 1. The van der Waals surface area contributed by atoms with E-state index in [1.54, 1.807) is 7.05 Å². The van der Waals surface area contributed by atoms with Crippen molar-refractivity contribution in [2.75, 3.05) is 5.73 Å². The van der Waals surface area contributed by atoms with Crippen LogP contribution in [0.15, 0.2) is 18.2 Å². The summed E-state index contributed by atoms with van der Waals surface area (Å²) in [5.74, 6) is -0.248. The van der Waals surface area contributed by atoms with Crippen LogP contribution in [0.2, 0.25) is 0 Å². The molecule has 15 heavy (non-hydrogen) atoms. The molecule has 0 bridgehead atoms. The molecule has 0 saturated carbocycles. The van der Waals surface area contributed by atoms with Crippen molar-refractivity contribution in [3.63, 3.8) is 0 Å². The first-order valence-corrected chi connectivity index (χ1v) is 4.12. The highest BCUT2D eigenvalue weighted by molar-refractivity contribution is 5.43. The Morgan fingerprint density at radius 3 is 2.87 bits per heavy atom. The van der Waals surface area contributed by atoms with Crippen LogP contribution in [0.25, 0.3) is 0 Å². The fourth-order valence-corrected chi connectivity index (χ4v) is 0.984. The van der Waals surface area contributed by atoms with Crippen LogP contribution < -0.4 is 10.5 Å². The Kier molecular flexibility index (Phi) is 2.20. The molecule has 0 saturated heterocycles. The SMILES string of the molecule is Cn1nnnc1Oc1ccc(N)c(F)c1. The molecule has 2 aromatic rings. The highest BCUT2D eigenvalue weighted by Crippen LogP contribution is 2.21. The van der Waals surface area contributed by atoms with Gasteiger partial charge in [0.2, 0.25) is 0 Å². The fraction of sp³-hybridized carbons (Fsp3) is 0.125. The second-order valence-electron chi connectivity index (χ2n) is 2.87. The maximum absolute atomic E-state index is 13.0. The van der Waals surface area contributed by atoms with E-state index in [-0.39, 0.29) is 11.7 Å². The Bertz CT molecular complexity index is 484. The number of nitrogens with two attached hydrogens (primary N) is 1. The van der Waals surface area contributed by atoms with Gasteiger partial charge < -0.3 is 10.5 Å². The van der Waals surface area contributed by atoms with Crippen LogP contribution in [0.4, 0.5) is 10.1 Å². The molecule has 0 aliphatic rings. The Morgan fingerprint density at radius 1 is 1.47 bits per heavy atom. The van der Waals surface area contributed by atoms with Gasteiger partial charge >= 0.3 is 6.01 Å². The van der Waals surface area contributed by atoms with Crippen LogP contribution >= 0.6 is 0 Å². The summed E-state index contributed by atoms with van der Waals surface area (Å²) in [5.41, 5.74) is 5.38. The first-order chi connectivity index (χ1) is 7.16. The Morgan fingerprint density at radius 2 is 2.27 bits per heavy atom. The lowest BCUT2D eigenvalue weighted by Crippen LogP contribution is -1.97. The number of rotatable bonds is 2. The van der Waals surface area contributed by atoms with Crippen LogP contribution in [0, 0.1) is 5.82 Å². The van der Waals surface area contributed by atoms with Crippen LogP contribution in [0.1, 0.15) is 0 Å². The van der Waals surface area contributed by atoms with Gasteiger partial charge in [0.25, 0.3) is 0 Å². The van der Waals surface area contributed by atoms with Gasteiger partial charge in [-0.15, -0.1) is 0 Å². The maximum Gasteiger partial charge on any atom is 0.340 e. The van der Waals surface area contributed by atoms with E-state index in [0.717, 1.165) is 0 Å². The molecule has 0 atom stereocenters. The van der Waals surface area contributed by atoms with Gasteiger partial charge in [-0.25, -0.2) is 4.39 Å². The highest BCUT2D eigenvalue weighted by atomic mass is 19.1. The zero-order valence-corrected chi connectivity index (χ0v) is 7.88. The minimum atomic E-state index is -0.539. The number of ether oxygens (including phenoxy) is 1. The number of hydrogen-bond donors (Lipinski definition) is 1. The molecular formula is C8H8FN5O. The second-order valence-corrected chi connectivity index (χ2v) is 2.87. The second kappa shape index (κ2) is 3.52. The fourth-order valence-electron chi connectivity index (χ4n) is 0.984. The van der Waals surface area contributed by atoms with E-state index in [1.807, 2.05) is 0 Å². The van der Waals surface area contributed by atoms with E-state index in [0.29, 0.717) is 5.75 Å². The molecule has 78 valence electrons. The van der Waals surface area contributed by atoms with Gasteiger partial charge in [-0.1, -0.05) is 5.10 Å². The third-order valence-electron chi connectivity index (χ3n) is 1.76. The molecule has 0 unspecified atom stereocenters. The third-order valence-corrected chi connectivity index (χ3v) is 1.76. The van der Waals surface area contributed by atoms with Crippen LogP contribution in [-0.4, -0.2) is 20.2 Å². The van der Waals surface area contributed by atoms with Crippen LogP contribution in [0.3, 0.4) is 0 Å². The van der Waals surface area contributed by atoms with Gasteiger partial charge in [0, 0.05) is 13.1 Å². The molecule has 0 fully saturated rings. The number of hydrogen-bond acceptors (Lipinski definition) is 5. The lowest BCUT2D eigenvalue weighted by Gasteiger charge is -2.03. The molecule has 1 heterocycles. The first-order valence-electron chi connectivity index (χ1n) is 4.12. The Hall–Kier alpha value is -2.18. The zero-order chi connectivity index (χ0) is 10.8. The Labute approximate surface area is 84.5 Å². The predicted molar refractivity (Wildman–Crippen MR) is 49.7 cm³/mol. The van der Waals surface area contributed by atoms with Crippen LogP contribution in [-0.2, 0) is 7.05 Å². The third kappa shape index (κ3) is 1.85. The summed E-state index contributed by atoms with van der Waals surface area (Å²) in [6, 6.07) is 4.30. The summed E-state index contributed by atoms with van der Waals surface area (Å²) < 4.78 is 19.6. The maximum atomic E-state index is 13.0.